The van der Waals surface area contributed by atoms with Gasteiger partial charge in [0.05, 0.1) is 19.8 Å². The fourth-order valence-electron chi connectivity index (χ4n) is 6.15. The average Bonchev–Trinajstić information content (AvgIpc) is 3.24. The van der Waals surface area contributed by atoms with E-state index in [-0.39, 0.29) is 70.9 Å². The summed E-state index contributed by atoms with van der Waals surface area (Å²) >= 11 is 0. The summed E-state index contributed by atoms with van der Waals surface area (Å²) < 4.78 is 45.5. The molecule has 0 aliphatic carbocycles. The Hall–Kier alpha value is -1.74. The van der Waals surface area contributed by atoms with Crippen LogP contribution in [0.3, 0.4) is 0 Å². The van der Waals surface area contributed by atoms with Gasteiger partial charge in [0.1, 0.15) is 25.5 Å². The van der Waals surface area contributed by atoms with E-state index in [0.29, 0.717) is 13.2 Å². The molecule has 6 N–H and O–H groups in total. The van der Waals surface area contributed by atoms with E-state index in [1.807, 2.05) is 0 Å². The van der Waals surface area contributed by atoms with Crippen LogP contribution in [0.2, 0.25) is 0 Å². The second-order valence-corrected chi connectivity index (χ2v) is 16.7. The number of hydrogen-bond donors (Lipinski definition) is 4. The quantitative estimate of drug-likeness (QED) is 0.0148. The highest BCUT2D eigenvalue weighted by Gasteiger charge is 2.27. The van der Waals surface area contributed by atoms with Crippen molar-refractivity contribution in [2.75, 3.05) is 60.2 Å². The molecule has 0 aliphatic rings. The number of amides is 2. The summed E-state index contributed by atoms with van der Waals surface area (Å²) in [6, 6.07) is 0. The highest BCUT2D eigenvalue weighted by atomic mass is 31.2. The van der Waals surface area contributed by atoms with Gasteiger partial charge in [0.2, 0.25) is 12.3 Å². The van der Waals surface area contributed by atoms with Gasteiger partial charge >= 0.3 is 7.82 Å². The van der Waals surface area contributed by atoms with Crippen LogP contribution >= 0.6 is 7.82 Å². The van der Waals surface area contributed by atoms with Crippen LogP contribution in [0.1, 0.15) is 201 Å². The Bertz CT molecular complexity index is 995. The molecule has 2 unspecified atom stereocenters. The van der Waals surface area contributed by atoms with E-state index in [1.54, 1.807) is 0 Å². The number of nitrogens with one attached hydrogen (secondary N) is 1. The molecule has 0 fully saturated rings. The number of nitrogens with two attached hydrogens (primary N) is 2. The molecule has 61 heavy (non-hydrogen) atoms. The lowest BCUT2D eigenvalue weighted by Gasteiger charge is -2.21. The number of carbonyl (C=O) groups is 3. The number of Topliss-reactive ketones (excluding diaryl/α,β-unsaturated/α-hetero) is 1. The molecule has 364 valence electrons. The second-order valence-electron chi connectivity index (χ2n) is 15.3. The lowest BCUT2D eigenvalue weighted by Crippen LogP contribution is -2.28. The van der Waals surface area contributed by atoms with Gasteiger partial charge in [0, 0.05) is 32.6 Å². The molecule has 0 saturated heterocycles. The Kier molecular flexibility index (Phi) is 56.7. The zero-order chi connectivity index (χ0) is 45.8. The van der Waals surface area contributed by atoms with Gasteiger partial charge in [-0.3, -0.25) is 18.6 Å². The molecule has 0 heterocycles. The third-order valence-corrected chi connectivity index (χ3v) is 10.6. The van der Waals surface area contributed by atoms with Crippen molar-refractivity contribution in [2.45, 2.75) is 207 Å². The normalized spacial score (nSPS) is 12.6. The summed E-state index contributed by atoms with van der Waals surface area (Å²) in [7, 11) is -2.98. The van der Waals surface area contributed by atoms with Crippen LogP contribution in [0, 0.1) is 0 Å². The van der Waals surface area contributed by atoms with Gasteiger partial charge in [-0.1, -0.05) is 154 Å². The van der Waals surface area contributed by atoms with E-state index >= 15 is 0 Å². The van der Waals surface area contributed by atoms with Crippen molar-refractivity contribution in [3.63, 3.8) is 0 Å². The summed E-state index contributed by atoms with van der Waals surface area (Å²) in [5.41, 5.74) is 8.67. The zero-order valence-electron chi connectivity index (χ0n) is 39.4. The van der Waals surface area contributed by atoms with E-state index in [1.165, 1.54) is 149 Å². The average molecular weight is 896 g/mol. The van der Waals surface area contributed by atoms with E-state index < -0.39 is 13.9 Å². The minimum Gasteiger partial charge on any atom is -0.372 e. The lowest BCUT2D eigenvalue weighted by atomic mass is 10.0. The molecule has 0 aliphatic heterocycles. The van der Waals surface area contributed by atoms with Crippen molar-refractivity contribution in [2.24, 2.45) is 11.5 Å². The molecule has 0 aromatic carbocycles. The lowest BCUT2D eigenvalue weighted by molar-refractivity contribution is -0.124. The van der Waals surface area contributed by atoms with Crippen LogP contribution < -0.4 is 16.8 Å². The first kappa shape index (κ1) is 63.5. The topological polar surface area (TPSA) is 208 Å². The standard InChI is InChI=1S/C44H86NO10P.CH3NO.CH5N/c1-4-6-8-10-12-14-16-18-19-21-23-25-27-29-31-36-51-41-53-39-43(55-56(48,49)54-37-34-45-44(47)33-32-42(3)46)38-52-40-50-35-30-28-26-24-22-20-17-15-13-11-9-7-5-2;2-1-3;1-2/h18-19,43H,4-17,20-41H2,1-3H3,(H,45,47)(H,48,49);1H,(H2,2,3);2H2,1H3/b19-18-;;. The predicted octanol–water partition coefficient (Wildman–Crippen LogP) is 10.4. The Labute approximate surface area is 372 Å². The number of hydrogen-bond acceptors (Lipinski definition) is 11. The number of phosphoric ester groups is 1. The predicted molar refractivity (Wildman–Crippen MR) is 248 cm³/mol. The van der Waals surface area contributed by atoms with E-state index in [9.17, 15) is 19.0 Å². The molecule has 2 amide bonds. The molecule has 2 atom stereocenters. The highest BCUT2D eigenvalue weighted by Crippen LogP contribution is 2.44. The van der Waals surface area contributed by atoms with Gasteiger partial charge in [-0.15, -0.1) is 0 Å². The summed E-state index contributed by atoms with van der Waals surface area (Å²) in [6.07, 6.45) is 37.1. The van der Waals surface area contributed by atoms with Crippen LogP contribution in [0.15, 0.2) is 12.2 Å². The first-order chi connectivity index (χ1) is 29.7. The number of ketones is 1. The van der Waals surface area contributed by atoms with Crippen molar-refractivity contribution in [3.05, 3.63) is 12.2 Å². The van der Waals surface area contributed by atoms with Crippen LogP contribution in [0.4, 0.5) is 0 Å². The smallest absolute Gasteiger partial charge is 0.372 e. The SMILES string of the molecule is CCCCCCCC/C=C\CCCCCCCOCOCC(COCOCCCCCCCCCCCCCCC)OP(=O)(O)OCCNC(=O)CCC(C)=O.CN.NC=O. The Balaban J connectivity index is -0.00000641. The van der Waals surface area contributed by atoms with Gasteiger partial charge in [0.25, 0.3) is 0 Å². The Morgan fingerprint density at radius 2 is 0.984 bits per heavy atom. The van der Waals surface area contributed by atoms with E-state index in [2.05, 4.69) is 42.8 Å². The summed E-state index contributed by atoms with van der Waals surface area (Å²) in [6.45, 7) is 6.84. The maximum absolute atomic E-state index is 12.6. The molecule has 0 saturated carbocycles. The number of unbranched alkanes of at least 4 members (excludes halogenated alkanes) is 23. The minimum absolute atomic E-state index is 0.000451. The van der Waals surface area contributed by atoms with E-state index in [4.69, 9.17) is 32.8 Å². The number of ether oxygens (including phenoxy) is 4. The largest absolute Gasteiger partial charge is 0.472 e. The van der Waals surface area contributed by atoms with Gasteiger partial charge < -0.3 is 45.4 Å². The number of phosphoric acid groups is 1. The first-order valence-electron chi connectivity index (χ1n) is 23.8. The van der Waals surface area contributed by atoms with Crippen LogP contribution in [-0.4, -0.2) is 89.3 Å². The van der Waals surface area contributed by atoms with Crippen LogP contribution in [0.5, 0.6) is 0 Å². The number of carbonyl (C=O) groups excluding carboxylic acids is 3. The van der Waals surface area contributed by atoms with Crippen molar-refractivity contribution < 1.29 is 51.8 Å². The van der Waals surface area contributed by atoms with Crippen molar-refractivity contribution in [1.82, 2.24) is 5.32 Å². The molecular formula is C46H94N3O11P. The van der Waals surface area contributed by atoms with Crippen molar-refractivity contribution in [1.29, 1.82) is 0 Å². The number of primary amides is 1. The Morgan fingerprint density at radius 1 is 0.607 bits per heavy atom. The molecule has 15 heteroatoms. The van der Waals surface area contributed by atoms with Crippen LogP contribution in [0.25, 0.3) is 0 Å². The molecule has 0 spiro atoms. The molecule has 0 radical (unpaired) electrons. The highest BCUT2D eigenvalue weighted by molar-refractivity contribution is 7.47. The van der Waals surface area contributed by atoms with E-state index in [0.717, 1.165) is 32.1 Å². The Morgan fingerprint density at radius 3 is 1.38 bits per heavy atom. The third kappa shape index (κ3) is 58.3. The number of allylic oxidation sites excluding steroid dienone is 2. The van der Waals surface area contributed by atoms with Gasteiger partial charge in [-0.25, -0.2) is 4.57 Å². The molecule has 0 aromatic heterocycles. The van der Waals surface area contributed by atoms with Crippen molar-refractivity contribution in [3.8, 4) is 0 Å². The summed E-state index contributed by atoms with van der Waals surface area (Å²) in [4.78, 5) is 41.7. The summed E-state index contributed by atoms with van der Waals surface area (Å²) in [5, 5.41) is 2.55. The molecule has 0 aromatic rings. The molecular weight excluding hydrogens is 801 g/mol. The molecule has 0 bridgehead atoms. The fourth-order valence-corrected chi connectivity index (χ4v) is 7.03. The monoisotopic (exact) mass is 896 g/mol. The second kappa shape index (κ2) is 54.4. The maximum atomic E-state index is 12.6. The van der Waals surface area contributed by atoms with Gasteiger partial charge in [-0.2, -0.15) is 0 Å². The van der Waals surface area contributed by atoms with Crippen LogP contribution in [-0.2, 0) is 46.9 Å². The molecule has 14 nitrogen and oxygen atoms in total. The fraction of sp³-hybridized carbons (Fsp3) is 0.891. The first-order valence-corrected chi connectivity index (χ1v) is 25.3. The third-order valence-electron chi connectivity index (χ3n) is 9.55. The zero-order valence-corrected chi connectivity index (χ0v) is 40.3. The van der Waals surface area contributed by atoms with Gasteiger partial charge in [0.15, 0.2) is 0 Å². The number of rotatable bonds is 46. The minimum atomic E-state index is -4.48. The summed E-state index contributed by atoms with van der Waals surface area (Å²) in [5.74, 6) is -0.420. The van der Waals surface area contributed by atoms with Gasteiger partial charge in [-0.05, 0) is 52.5 Å². The van der Waals surface area contributed by atoms with Crippen molar-refractivity contribution >= 4 is 25.9 Å². The maximum Gasteiger partial charge on any atom is 0.472 e. The molecule has 0 rings (SSSR count).